The molecule has 23 heavy (non-hydrogen) atoms. The minimum atomic E-state index is 0.0380. The highest BCUT2D eigenvalue weighted by Crippen LogP contribution is 2.32. The Morgan fingerprint density at radius 2 is 2.30 bits per heavy atom. The van der Waals surface area contributed by atoms with Crippen molar-refractivity contribution in [3.63, 3.8) is 0 Å². The fourth-order valence-corrected chi connectivity index (χ4v) is 3.36. The number of amides is 1. The van der Waals surface area contributed by atoms with Crippen LogP contribution in [-0.4, -0.2) is 22.5 Å². The molecule has 1 amide bonds. The predicted molar refractivity (Wildman–Crippen MR) is 89.3 cm³/mol. The third-order valence-electron chi connectivity index (χ3n) is 4.23. The van der Waals surface area contributed by atoms with Crippen molar-refractivity contribution < 1.29 is 9.32 Å². The smallest absolute Gasteiger partial charge is 0.227 e. The van der Waals surface area contributed by atoms with Crippen molar-refractivity contribution in [3.05, 3.63) is 52.4 Å². The quantitative estimate of drug-likeness (QED) is 0.824. The number of likely N-dealkylation sites (tertiary alicyclic amines) is 1. The van der Waals surface area contributed by atoms with Crippen molar-refractivity contribution in [2.45, 2.75) is 45.1 Å². The lowest BCUT2D eigenvalue weighted by Gasteiger charge is -2.23. The number of hydrogen-bond acceptors (Lipinski definition) is 3. The van der Waals surface area contributed by atoms with E-state index in [0.29, 0.717) is 11.4 Å². The summed E-state index contributed by atoms with van der Waals surface area (Å²) < 4.78 is 5.37. The lowest BCUT2D eigenvalue weighted by molar-refractivity contribution is -0.131. The minimum Gasteiger partial charge on any atom is -0.361 e. The molecule has 1 aromatic carbocycles. The van der Waals surface area contributed by atoms with Gasteiger partial charge in [-0.3, -0.25) is 4.79 Å². The minimum absolute atomic E-state index is 0.0380. The zero-order valence-corrected chi connectivity index (χ0v) is 14.1. The van der Waals surface area contributed by atoms with E-state index in [-0.39, 0.29) is 11.9 Å². The van der Waals surface area contributed by atoms with Gasteiger partial charge in [0.2, 0.25) is 5.91 Å². The van der Waals surface area contributed by atoms with Crippen LogP contribution in [0.3, 0.4) is 0 Å². The van der Waals surface area contributed by atoms with Gasteiger partial charge < -0.3 is 9.42 Å². The highest BCUT2D eigenvalue weighted by atomic mass is 35.5. The summed E-state index contributed by atoms with van der Waals surface area (Å²) in [6, 6.07) is 9.51. The molecule has 4 nitrogen and oxygen atoms in total. The van der Waals surface area contributed by atoms with Gasteiger partial charge in [0.1, 0.15) is 11.5 Å². The Balaban J connectivity index is 1.71. The van der Waals surface area contributed by atoms with Gasteiger partial charge in [-0.2, -0.15) is 0 Å². The van der Waals surface area contributed by atoms with Crippen molar-refractivity contribution >= 4 is 17.5 Å². The fourth-order valence-electron chi connectivity index (χ4n) is 3.15. The first-order chi connectivity index (χ1) is 11.2. The Morgan fingerprint density at radius 1 is 1.43 bits per heavy atom. The van der Waals surface area contributed by atoms with Crippen LogP contribution in [0.25, 0.3) is 0 Å². The van der Waals surface area contributed by atoms with Crippen LogP contribution in [-0.2, 0) is 17.6 Å². The van der Waals surface area contributed by atoms with Gasteiger partial charge in [-0.05, 0) is 37.0 Å². The molecular formula is C18H21ClN2O2. The van der Waals surface area contributed by atoms with E-state index in [1.165, 1.54) is 0 Å². The van der Waals surface area contributed by atoms with Gasteiger partial charge in [0, 0.05) is 24.1 Å². The molecule has 3 rings (SSSR count). The van der Waals surface area contributed by atoms with Crippen molar-refractivity contribution in [1.29, 1.82) is 0 Å². The molecule has 0 spiro atoms. The molecule has 1 aromatic heterocycles. The van der Waals surface area contributed by atoms with E-state index < -0.39 is 0 Å². The molecule has 0 bridgehead atoms. The maximum absolute atomic E-state index is 12.7. The Kier molecular flexibility index (Phi) is 5.01. The molecule has 0 radical (unpaired) electrons. The lowest BCUT2D eigenvalue weighted by atomic mass is 10.1. The first-order valence-corrected chi connectivity index (χ1v) is 8.54. The summed E-state index contributed by atoms with van der Waals surface area (Å²) >= 11 is 6.00. The molecule has 1 unspecified atom stereocenters. The number of carbonyl (C=O) groups is 1. The Hall–Kier alpha value is -1.81. The zero-order valence-electron chi connectivity index (χ0n) is 13.3. The van der Waals surface area contributed by atoms with Crippen LogP contribution < -0.4 is 0 Å². The third kappa shape index (κ3) is 3.75. The second kappa shape index (κ2) is 7.18. The molecule has 0 saturated carbocycles. The van der Waals surface area contributed by atoms with Gasteiger partial charge in [0.15, 0.2) is 0 Å². The number of carbonyl (C=O) groups excluding carboxylic acids is 1. The van der Waals surface area contributed by atoms with Gasteiger partial charge in [0.25, 0.3) is 0 Å². The van der Waals surface area contributed by atoms with Crippen LogP contribution in [0, 0.1) is 0 Å². The summed E-state index contributed by atoms with van der Waals surface area (Å²) in [4.78, 5) is 14.6. The number of benzene rings is 1. The number of halogens is 1. The van der Waals surface area contributed by atoms with E-state index in [1.807, 2.05) is 35.2 Å². The van der Waals surface area contributed by atoms with Crippen LogP contribution in [0.2, 0.25) is 5.02 Å². The van der Waals surface area contributed by atoms with E-state index in [4.69, 9.17) is 16.1 Å². The molecule has 0 aliphatic carbocycles. The third-order valence-corrected chi connectivity index (χ3v) is 4.47. The molecule has 5 heteroatoms. The molecular weight excluding hydrogens is 312 g/mol. The van der Waals surface area contributed by atoms with Crippen LogP contribution in [0.4, 0.5) is 0 Å². The van der Waals surface area contributed by atoms with Gasteiger partial charge in [-0.1, -0.05) is 35.8 Å². The summed E-state index contributed by atoms with van der Waals surface area (Å²) in [6.07, 6.45) is 4.23. The standard InChI is InChI=1S/C18H21ClN2O2/c1-2-5-15-12-16(20-23-15)17-8-4-9-21(17)18(22)11-13-6-3-7-14(19)10-13/h3,6-7,10,12,17H,2,4-5,8-9,11H2,1H3. The van der Waals surface area contributed by atoms with E-state index in [2.05, 4.69) is 12.1 Å². The number of nitrogens with zero attached hydrogens (tertiary/aromatic N) is 2. The van der Waals surface area contributed by atoms with E-state index in [1.54, 1.807) is 0 Å². The number of aromatic nitrogens is 1. The fraction of sp³-hybridized carbons (Fsp3) is 0.444. The van der Waals surface area contributed by atoms with Crippen molar-refractivity contribution in [2.75, 3.05) is 6.54 Å². The molecule has 2 heterocycles. The maximum atomic E-state index is 12.7. The molecule has 2 aromatic rings. The van der Waals surface area contributed by atoms with Crippen molar-refractivity contribution in [3.8, 4) is 0 Å². The second-order valence-corrected chi connectivity index (χ2v) is 6.46. The Labute approximate surface area is 141 Å². The van der Waals surface area contributed by atoms with Crippen LogP contribution in [0.1, 0.15) is 49.2 Å². The molecule has 0 N–H and O–H groups in total. The van der Waals surface area contributed by atoms with Crippen LogP contribution >= 0.6 is 11.6 Å². The summed E-state index contributed by atoms with van der Waals surface area (Å²) in [5, 5.41) is 4.84. The largest absolute Gasteiger partial charge is 0.361 e. The average Bonchev–Trinajstić information content (AvgIpc) is 3.16. The molecule has 122 valence electrons. The van der Waals surface area contributed by atoms with Gasteiger partial charge in [-0.15, -0.1) is 0 Å². The summed E-state index contributed by atoms with van der Waals surface area (Å²) in [6.45, 7) is 2.89. The lowest BCUT2D eigenvalue weighted by Crippen LogP contribution is -2.32. The topological polar surface area (TPSA) is 46.3 Å². The molecule has 1 fully saturated rings. The monoisotopic (exact) mass is 332 g/mol. The number of hydrogen-bond donors (Lipinski definition) is 0. The van der Waals surface area contributed by atoms with E-state index in [9.17, 15) is 4.79 Å². The normalized spacial score (nSPS) is 17.7. The number of aryl methyl sites for hydroxylation is 1. The van der Waals surface area contributed by atoms with Gasteiger partial charge >= 0.3 is 0 Å². The van der Waals surface area contributed by atoms with Gasteiger partial charge in [-0.25, -0.2) is 0 Å². The predicted octanol–water partition coefficient (Wildman–Crippen LogP) is 4.19. The summed E-state index contributed by atoms with van der Waals surface area (Å²) in [7, 11) is 0. The average molecular weight is 333 g/mol. The van der Waals surface area contributed by atoms with E-state index >= 15 is 0 Å². The Morgan fingerprint density at radius 3 is 3.09 bits per heavy atom. The van der Waals surface area contributed by atoms with Crippen molar-refractivity contribution in [1.82, 2.24) is 10.1 Å². The SMILES string of the molecule is CCCc1cc(C2CCCN2C(=O)Cc2cccc(Cl)c2)no1. The first kappa shape index (κ1) is 16.1. The van der Waals surface area contributed by atoms with E-state index in [0.717, 1.165) is 49.2 Å². The molecule has 1 saturated heterocycles. The second-order valence-electron chi connectivity index (χ2n) is 6.02. The van der Waals surface area contributed by atoms with Crippen LogP contribution in [0.15, 0.2) is 34.9 Å². The van der Waals surface area contributed by atoms with Gasteiger partial charge in [0.05, 0.1) is 12.5 Å². The molecule has 1 atom stereocenters. The maximum Gasteiger partial charge on any atom is 0.227 e. The highest BCUT2D eigenvalue weighted by molar-refractivity contribution is 6.30. The zero-order chi connectivity index (χ0) is 16.2. The molecule has 1 aliphatic heterocycles. The first-order valence-electron chi connectivity index (χ1n) is 8.16. The summed E-state index contributed by atoms with van der Waals surface area (Å²) in [5.41, 5.74) is 1.82. The van der Waals surface area contributed by atoms with Crippen molar-refractivity contribution in [2.24, 2.45) is 0 Å². The van der Waals surface area contributed by atoms with Crippen LogP contribution in [0.5, 0.6) is 0 Å². The number of rotatable bonds is 5. The molecule has 1 aliphatic rings. The Bertz CT molecular complexity index is 683. The summed E-state index contributed by atoms with van der Waals surface area (Å²) in [5.74, 6) is 1.02. The highest BCUT2D eigenvalue weighted by Gasteiger charge is 2.32.